The molecule has 22 heavy (non-hydrogen) atoms. The van der Waals surface area contributed by atoms with E-state index >= 15 is 0 Å². The van der Waals surface area contributed by atoms with E-state index in [-0.39, 0.29) is 24.3 Å². The standard InChI is InChI=1S/C16H22BrNO3.ClH/c1-2-20-16(19)13-7-9-18(10-8-13)11-12-21-15-5-3-14(17)4-6-15;/h3-6,13H,2,7-12H2,1H3;1H. The Kier molecular flexibility index (Phi) is 8.83. The first-order valence-electron chi connectivity index (χ1n) is 7.46. The van der Waals surface area contributed by atoms with Gasteiger partial charge in [-0.3, -0.25) is 9.69 Å². The molecule has 1 aromatic rings. The maximum Gasteiger partial charge on any atom is 0.309 e. The van der Waals surface area contributed by atoms with E-state index in [1.54, 1.807) is 0 Å². The number of carbonyl (C=O) groups excluding carboxylic acids is 1. The van der Waals surface area contributed by atoms with E-state index < -0.39 is 0 Å². The molecule has 1 aromatic carbocycles. The van der Waals surface area contributed by atoms with Crippen LogP contribution >= 0.6 is 28.3 Å². The summed E-state index contributed by atoms with van der Waals surface area (Å²) in [6.45, 7) is 5.77. The van der Waals surface area contributed by atoms with Crippen molar-refractivity contribution >= 4 is 34.3 Å². The lowest BCUT2D eigenvalue weighted by Crippen LogP contribution is -2.39. The molecular weight excluding hydrogens is 370 g/mol. The molecule has 0 aromatic heterocycles. The zero-order chi connectivity index (χ0) is 15.1. The number of benzene rings is 1. The molecule has 1 saturated heterocycles. The van der Waals surface area contributed by atoms with Gasteiger partial charge >= 0.3 is 5.97 Å². The summed E-state index contributed by atoms with van der Waals surface area (Å²) in [4.78, 5) is 14.0. The number of hydrogen-bond acceptors (Lipinski definition) is 4. The van der Waals surface area contributed by atoms with Gasteiger partial charge in [-0.1, -0.05) is 15.9 Å². The largest absolute Gasteiger partial charge is 0.492 e. The molecule has 1 heterocycles. The van der Waals surface area contributed by atoms with Crippen molar-refractivity contribution in [1.29, 1.82) is 0 Å². The molecule has 1 aliphatic heterocycles. The van der Waals surface area contributed by atoms with Gasteiger partial charge in [-0.05, 0) is 57.1 Å². The van der Waals surface area contributed by atoms with Crippen molar-refractivity contribution in [2.45, 2.75) is 19.8 Å². The Morgan fingerprint density at radius 3 is 2.50 bits per heavy atom. The van der Waals surface area contributed by atoms with Gasteiger partial charge in [-0.15, -0.1) is 12.4 Å². The molecule has 0 unspecified atom stereocenters. The lowest BCUT2D eigenvalue weighted by Gasteiger charge is -2.30. The topological polar surface area (TPSA) is 38.8 Å². The summed E-state index contributed by atoms with van der Waals surface area (Å²) in [5.74, 6) is 0.927. The number of esters is 1. The zero-order valence-electron chi connectivity index (χ0n) is 12.8. The minimum atomic E-state index is -0.0386. The Bertz CT molecular complexity index is 447. The van der Waals surface area contributed by atoms with Crippen LogP contribution in [0.3, 0.4) is 0 Å². The number of rotatable bonds is 6. The molecule has 1 aliphatic rings. The van der Waals surface area contributed by atoms with Crippen LogP contribution < -0.4 is 4.74 Å². The van der Waals surface area contributed by atoms with E-state index in [1.807, 2.05) is 31.2 Å². The van der Waals surface area contributed by atoms with Gasteiger partial charge in [-0.25, -0.2) is 0 Å². The number of hydrogen-bond donors (Lipinski definition) is 0. The third-order valence-electron chi connectivity index (χ3n) is 3.70. The second-order valence-corrected chi connectivity index (χ2v) is 6.09. The van der Waals surface area contributed by atoms with E-state index in [0.29, 0.717) is 13.2 Å². The van der Waals surface area contributed by atoms with Crippen molar-refractivity contribution in [1.82, 2.24) is 4.90 Å². The van der Waals surface area contributed by atoms with Crippen molar-refractivity contribution in [3.63, 3.8) is 0 Å². The molecule has 4 nitrogen and oxygen atoms in total. The Labute approximate surface area is 146 Å². The van der Waals surface area contributed by atoms with Crippen molar-refractivity contribution in [2.24, 2.45) is 5.92 Å². The zero-order valence-corrected chi connectivity index (χ0v) is 15.2. The molecule has 0 N–H and O–H groups in total. The lowest BCUT2D eigenvalue weighted by molar-refractivity contribution is -0.149. The first-order valence-corrected chi connectivity index (χ1v) is 8.25. The number of halogens is 2. The van der Waals surface area contributed by atoms with Crippen molar-refractivity contribution in [3.05, 3.63) is 28.7 Å². The van der Waals surface area contributed by atoms with Crippen LogP contribution in [-0.2, 0) is 9.53 Å². The van der Waals surface area contributed by atoms with Gasteiger partial charge in [0.1, 0.15) is 12.4 Å². The molecular formula is C16H23BrClNO3. The fraction of sp³-hybridized carbons (Fsp3) is 0.562. The van der Waals surface area contributed by atoms with Crippen LogP contribution in [0.1, 0.15) is 19.8 Å². The van der Waals surface area contributed by atoms with Gasteiger partial charge in [0.05, 0.1) is 12.5 Å². The molecule has 0 spiro atoms. The molecule has 2 rings (SSSR count). The summed E-state index contributed by atoms with van der Waals surface area (Å²) in [6.07, 6.45) is 1.77. The summed E-state index contributed by atoms with van der Waals surface area (Å²) in [5, 5.41) is 0. The van der Waals surface area contributed by atoms with Gasteiger partial charge in [0.25, 0.3) is 0 Å². The molecule has 0 atom stereocenters. The number of piperidine rings is 1. The van der Waals surface area contributed by atoms with Crippen LogP contribution in [0.2, 0.25) is 0 Å². The summed E-state index contributed by atoms with van der Waals surface area (Å²) < 4.78 is 11.9. The van der Waals surface area contributed by atoms with Crippen LogP contribution in [0.15, 0.2) is 28.7 Å². The highest BCUT2D eigenvalue weighted by Gasteiger charge is 2.25. The van der Waals surface area contributed by atoms with E-state index in [2.05, 4.69) is 20.8 Å². The van der Waals surface area contributed by atoms with E-state index in [4.69, 9.17) is 9.47 Å². The maximum absolute atomic E-state index is 11.7. The fourth-order valence-corrected chi connectivity index (χ4v) is 2.74. The first kappa shape index (κ1) is 19.3. The van der Waals surface area contributed by atoms with Crippen LogP contribution in [-0.4, -0.2) is 43.7 Å². The number of carbonyl (C=O) groups is 1. The minimum Gasteiger partial charge on any atom is -0.492 e. The van der Waals surface area contributed by atoms with E-state index in [0.717, 1.165) is 42.7 Å². The predicted octanol–water partition coefficient (Wildman–Crippen LogP) is 3.52. The molecule has 0 bridgehead atoms. The smallest absolute Gasteiger partial charge is 0.309 e. The van der Waals surface area contributed by atoms with Gasteiger partial charge in [0.15, 0.2) is 0 Å². The molecule has 6 heteroatoms. The molecule has 124 valence electrons. The third-order valence-corrected chi connectivity index (χ3v) is 4.23. The Morgan fingerprint density at radius 1 is 1.27 bits per heavy atom. The van der Waals surface area contributed by atoms with Gasteiger partial charge in [-0.2, -0.15) is 0 Å². The van der Waals surface area contributed by atoms with Crippen molar-refractivity contribution < 1.29 is 14.3 Å². The monoisotopic (exact) mass is 391 g/mol. The number of likely N-dealkylation sites (tertiary alicyclic amines) is 1. The maximum atomic E-state index is 11.7. The summed E-state index contributed by atoms with van der Waals surface area (Å²) in [5.41, 5.74) is 0. The Balaban J connectivity index is 0.00000242. The highest BCUT2D eigenvalue weighted by Crippen LogP contribution is 2.19. The lowest BCUT2D eigenvalue weighted by atomic mass is 9.97. The van der Waals surface area contributed by atoms with Gasteiger partial charge in [0.2, 0.25) is 0 Å². The summed E-state index contributed by atoms with van der Waals surface area (Å²) in [6, 6.07) is 7.86. The minimum absolute atomic E-state index is 0. The fourth-order valence-electron chi connectivity index (χ4n) is 2.48. The number of nitrogens with zero attached hydrogens (tertiary/aromatic N) is 1. The predicted molar refractivity (Wildman–Crippen MR) is 92.7 cm³/mol. The van der Waals surface area contributed by atoms with Crippen LogP contribution in [0.4, 0.5) is 0 Å². The molecule has 0 amide bonds. The molecule has 0 aliphatic carbocycles. The number of ether oxygens (including phenoxy) is 2. The highest BCUT2D eigenvalue weighted by atomic mass is 79.9. The van der Waals surface area contributed by atoms with Crippen LogP contribution in [0.5, 0.6) is 5.75 Å². The Morgan fingerprint density at radius 2 is 1.91 bits per heavy atom. The quantitative estimate of drug-likeness (QED) is 0.694. The van der Waals surface area contributed by atoms with Gasteiger partial charge in [0, 0.05) is 11.0 Å². The third kappa shape index (κ3) is 6.15. The van der Waals surface area contributed by atoms with Crippen molar-refractivity contribution in [2.75, 3.05) is 32.8 Å². The van der Waals surface area contributed by atoms with E-state index in [9.17, 15) is 4.79 Å². The molecule has 0 radical (unpaired) electrons. The SMILES string of the molecule is CCOC(=O)C1CCN(CCOc2ccc(Br)cc2)CC1.Cl. The van der Waals surface area contributed by atoms with E-state index in [1.165, 1.54) is 0 Å². The molecule has 0 saturated carbocycles. The summed E-state index contributed by atoms with van der Waals surface area (Å²) >= 11 is 3.40. The van der Waals surface area contributed by atoms with Crippen molar-refractivity contribution in [3.8, 4) is 5.75 Å². The van der Waals surface area contributed by atoms with Gasteiger partial charge < -0.3 is 9.47 Å². The highest BCUT2D eigenvalue weighted by molar-refractivity contribution is 9.10. The second kappa shape index (κ2) is 10.1. The average molecular weight is 393 g/mol. The molecule has 1 fully saturated rings. The summed E-state index contributed by atoms with van der Waals surface area (Å²) in [7, 11) is 0. The normalized spacial score (nSPS) is 15.9. The average Bonchev–Trinajstić information content (AvgIpc) is 2.50. The second-order valence-electron chi connectivity index (χ2n) is 5.17. The first-order chi connectivity index (χ1) is 10.2. The Hall–Kier alpha value is -0.780. The van der Waals surface area contributed by atoms with Crippen LogP contribution in [0.25, 0.3) is 0 Å². The van der Waals surface area contributed by atoms with Crippen LogP contribution in [0, 0.1) is 5.92 Å².